The molecule has 1 fully saturated rings. The van der Waals surface area contributed by atoms with Crippen LogP contribution in [-0.2, 0) is 0 Å². The number of nitrogens with zero attached hydrogens (tertiary/aromatic N) is 3. The van der Waals surface area contributed by atoms with E-state index in [1.807, 2.05) is 6.07 Å². The number of aromatic nitrogens is 2. The Morgan fingerprint density at radius 2 is 1.75 bits per heavy atom. The molecule has 0 radical (unpaired) electrons. The van der Waals surface area contributed by atoms with E-state index in [2.05, 4.69) is 15.2 Å². The maximum Gasteiger partial charge on any atom is 0.418 e. The lowest BCUT2D eigenvalue weighted by Gasteiger charge is -2.32. The molecule has 148 valence electrons. The molecule has 1 aromatic heterocycles. The van der Waals surface area contributed by atoms with E-state index in [9.17, 15) is 18.3 Å². The summed E-state index contributed by atoms with van der Waals surface area (Å²) in [5, 5.41) is 17.3. The minimum absolute atomic E-state index is 0.179. The molecule has 1 aliphatic heterocycles. The molecule has 2 aromatic carbocycles. The summed E-state index contributed by atoms with van der Waals surface area (Å²) in [6.45, 7) is 1.56. The lowest BCUT2D eigenvalue weighted by molar-refractivity contribution is -0.206. The SMILES string of the molecule is NC1CCN(c2cc(-c3ccc(C(O)C(F)(F)F)cc3)cc3nonc23)CC1. The zero-order chi connectivity index (χ0) is 19.9. The number of nitrogens with two attached hydrogens (primary N) is 1. The summed E-state index contributed by atoms with van der Waals surface area (Å²) < 4.78 is 43.0. The monoisotopic (exact) mass is 392 g/mol. The molecule has 3 aromatic rings. The van der Waals surface area contributed by atoms with E-state index in [0.29, 0.717) is 16.6 Å². The molecule has 9 heteroatoms. The quantitative estimate of drug-likeness (QED) is 0.710. The highest BCUT2D eigenvalue weighted by Gasteiger charge is 2.39. The van der Waals surface area contributed by atoms with Gasteiger partial charge in [0, 0.05) is 19.1 Å². The van der Waals surface area contributed by atoms with Crippen LogP contribution in [0.4, 0.5) is 18.9 Å². The Bertz CT molecular complexity index is 963. The zero-order valence-electron chi connectivity index (χ0n) is 14.9. The number of anilines is 1. The Kier molecular flexibility index (Phi) is 4.72. The molecule has 3 N–H and O–H groups in total. The lowest BCUT2D eigenvalue weighted by atomic mass is 9.99. The molecule has 0 bridgehead atoms. The Hall–Kier alpha value is -2.65. The molecule has 6 nitrogen and oxygen atoms in total. The Morgan fingerprint density at radius 1 is 1.07 bits per heavy atom. The highest BCUT2D eigenvalue weighted by atomic mass is 19.4. The summed E-state index contributed by atoms with van der Waals surface area (Å²) in [5.41, 5.74) is 9.34. The molecule has 0 aliphatic carbocycles. The number of rotatable bonds is 3. The van der Waals surface area contributed by atoms with E-state index >= 15 is 0 Å². The van der Waals surface area contributed by atoms with Gasteiger partial charge in [0.2, 0.25) is 0 Å². The second kappa shape index (κ2) is 7.06. The van der Waals surface area contributed by atoms with Gasteiger partial charge in [-0.25, -0.2) is 4.63 Å². The first-order valence-electron chi connectivity index (χ1n) is 8.95. The first-order valence-corrected chi connectivity index (χ1v) is 8.95. The van der Waals surface area contributed by atoms with Crippen molar-refractivity contribution >= 4 is 16.7 Å². The number of hydrogen-bond acceptors (Lipinski definition) is 6. The van der Waals surface area contributed by atoms with Crippen LogP contribution in [0.2, 0.25) is 0 Å². The number of fused-ring (bicyclic) bond motifs is 1. The van der Waals surface area contributed by atoms with Crippen LogP contribution in [0.5, 0.6) is 0 Å². The third-order valence-corrected chi connectivity index (χ3v) is 5.09. The zero-order valence-corrected chi connectivity index (χ0v) is 14.9. The second-order valence-electron chi connectivity index (χ2n) is 7.02. The van der Waals surface area contributed by atoms with Crippen LogP contribution in [0.15, 0.2) is 41.0 Å². The molecule has 0 saturated carbocycles. The first-order chi connectivity index (χ1) is 13.3. The molecular formula is C19H19F3N4O2. The van der Waals surface area contributed by atoms with Crippen molar-refractivity contribution in [1.29, 1.82) is 0 Å². The maximum absolute atomic E-state index is 12.7. The van der Waals surface area contributed by atoms with Crippen molar-refractivity contribution in [3.63, 3.8) is 0 Å². The fourth-order valence-electron chi connectivity index (χ4n) is 3.47. The summed E-state index contributed by atoms with van der Waals surface area (Å²) in [5.74, 6) is 0. The second-order valence-corrected chi connectivity index (χ2v) is 7.02. The Labute approximate surface area is 158 Å². The summed E-state index contributed by atoms with van der Waals surface area (Å²) in [6.07, 6.45) is -5.48. The number of aliphatic hydroxyl groups is 1. The van der Waals surface area contributed by atoms with Gasteiger partial charge < -0.3 is 15.7 Å². The molecule has 28 heavy (non-hydrogen) atoms. The molecule has 1 aliphatic rings. The standard InChI is InChI=1S/C19H19F3N4O2/c20-19(21,22)18(27)12-3-1-11(2-4-12)13-9-15-17(25-28-24-15)16(10-13)26-7-5-14(23)6-8-26/h1-4,9-10,14,18,27H,5-8,23H2. The van der Waals surface area contributed by atoms with Crippen LogP contribution in [0, 0.1) is 0 Å². The minimum Gasteiger partial charge on any atom is -0.379 e. The van der Waals surface area contributed by atoms with E-state index < -0.39 is 12.3 Å². The van der Waals surface area contributed by atoms with E-state index in [4.69, 9.17) is 10.4 Å². The lowest BCUT2D eigenvalue weighted by Crippen LogP contribution is -2.39. The van der Waals surface area contributed by atoms with Crippen LogP contribution in [0.1, 0.15) is 24.5 Å². The summed E-state index contributed by atoms with van der Waals surface area (Å²) in [4.78, 5) is 2.17. The van der Waals surface area contributed by atoms with Crippen LogP contribution >= 0.6 is 0 Å². The van der Waals surface area contributed by atoms with Gasteiger partial charge >= 0.3 is 6.18 Å². The molecule has 1 atom stereocenters. The van der Waals surface area contributed by atoms with E-state index in [1.54, 1.807) is 18.2 Å². The van der Waals surface area contributed by atoms with Gasteiger partial charge in [0.1, 0.15) is 5.52 Å². The Balaban J connectivity index is 1.69. The van der Waals surface area contributed by atoms with Gasteiger partial charge in [0.15, 0.2) is 11.6 Å². The van der Waals surface area contributed by atoms with Crippen LogP contribution in [0.3, 0.4) is 0 Å². The predicted octanol–water partition coefficient (Wildman–Crippen LogP) is 3.41. The van der Waals surface area contributed by atoms with Crippen LogP contribution in [0.25, 0.3) is 22.2 Å². The first kappa shape index (κ1) is 18.7. The van der Waals surface area contributed by atoms with Crippen molar-refractivity contribution in [3.8, 4) is 11.1 Å². The molecule has 4 rings (SSSR count). The van der Waals surface area contributed by atoms with Crippen LogP contribution in [-0.4, -0.2) is 40.7 Å². The molecule has 1 unspecified atom stereocenters. The third-order valence-electron chi connectivity index (χ3n) is 5.09. The normalized spacial score (nSPS) is 17.2. The maximum atomic E-state index is 12.7. The minimum atomic E-state index is -4.70. The molecule has 0 spiro atoms. The number of piperidine rings is 1. The van der Waals surface area contributed by atoms with Gasteiger partial charge in [-0.3, -0.25) is 0 Å². The number of halogens is 3. The molecule has 0 amide bonds. The highest BCUT2D eigenvalue weighted by Crippen LogP contribution is 2.35. The van der Waals surface area contributed by atoms with Gasteiger partial charge in [-0.2, -0.15) is 13.2 Å². The van der Waals surface area contributed by atoms with E-state index in [1.165, 1.54) is 12.1 Å². The van der Waals surface area contributed by atoms with Gasteiger partial charge in [0.05, 0.1) is 5.69 Å². The average molecular weight is 392 g/mol. The van der Waals surface area contributed by atoms with Crippen molar-refractivity contribution < 1.29 is 22.9 Å². The number of benzene rings is 2. The third kappa shape index (κ3) is 3.55. The van der Waals surface area contributed by atoms with Crippen molar-refractivity contribution in [1.82, 2.24) is 10.3 Å². The fourth-order valence-corrected chi connectivity index (χ4v) is 3.47. The van der Waals surface area contributed by atoms with Crippen molar-refractivity contribution in [2.45, 2.75) is 31.2 Å². The van der Waals surface area contributed by atoms with Gasteiger partial charge in [-0.05, 0) is 52.0 Å². The van der Waals surface area contributed by atoms with Crippen molar-refractivity contribution in [3.05, 3.63) is 42.0 Å². The predicted molar refractivity (Wildman–Crippen MR) is 97.7 cm³/mol. The van der Waals surface area contributed by atoms with Gasteiger partial charge in [0.25, 0.3) is 0 Å². The van der Waals surface area contributed by atoms with Crippen LogP contribution < -0.4 is 10.6 Å². The molecule has 2 heterocycles. The van der Waals surface area contributed by atoms with E-state index in [-0.39, 0.29) is 11.6 Å². The number of hydrogen-bond donors (Lipinski definition) is 2. The smallest absolute Gasteiger partial charge is 0.379 e. The number of aliphatic hydroxyl groups excluding tert-OH is 1. The molecular weight excluding hydrogens is 373 g/mol. The van der Waals surface area contributed by atoms with Gasteiger partial charge in [-0.15, -0.1) is 0 Å². The number of alkyl halides is 3. The largest absolute Gasteiger partial charge is 0.418 e. The highest BCUT2D eigenvalue weighted by molar-refractivity contribution is 5.92. The summed E-state index contributed by atoms with van der Waals surface area (Å²) >= 11 is 0. The average Bonchev–Trinajstić information content (AvgIpc) is 3.15. The fraction of sp³-hybridized carbons (Fsp3) is 0.368. The van der Waals surface area contributed by atoms with E-state index in [0.717, 1.165) is 37.2 Å². The Morgan fingerprint density at radius 3 is 2.39 bits per heavy atom. The topological polar surface area (TPSA) is 88.4 Å². The van der Waals surface area contributed by atoms with Crippen molar-refractivity contribution in [2.24, 2.45) is 5.73 Å². The summed E-state index contributed by atoms with van der Waals surface area (Å²) in [7, 11) is 0. The summed E-state index contributed by atoms with van der Waals surface area (Å²) in [6, 6.07) is 9.54. The van der Waals surface area contributed by atoms with Gasteiger partial charge in [-0.1, -0.05) is 24.3 Å². The molecule has 1 saturated heterocycles. The van der Waals surface area contributed by atoms with Crippen molar-refractivity contribution in [2.75, 3.05) is 18.0 Å².